The number of pyridine rings is 1. The molecule has 216 valence electrons. The maximum atomic E-state index is 13.4. The van der Waals surface area contributed by atoms with Gasteiger partial charge in [0.1, 0.15) is 6.07 Å². The molecule has 5 rings (SSSR count). The van der Waals surface area contributed by atoms with E-state index in [9.17, 15) is 23.2 Å². The Balaban J connectivity index is 1.42. The van der Waals surface area contributed by atoms with Crippen molar-refractivity contribution < 1.29 is 22.7 Å². The van der Waals surface area contributed by atoms with E-state index < -0.39 is 23.0 Å². The molecule has 0 aliphatic carbocycles. The van der Waals surface area contributed by atoms with E-state index in [-0.39, 0.29) is 17.4 Å². The van der Waals surface area contributed by atoms with Gasteiger partial charge in [-0.15, -0.1) is 0 Å². The lowest BCUT2D eigenvalue weighted by Crippen LogP contribution is -2.58. The largest absolute Gasteiger partial charge is 0.416 e. The third kappa shape index (κ3) is 5.80. The number of hydrogen-bond acceptors (Lipinski definition) is 7. The van der Waals surface area contributed by atoms with Crippen molar-refractivity contribution in [3.63, 3.8) is 0 Å². The van der Waals surface area contributed by atoms with Crippen LogP contribution in [-0.4, -0.2) is 49.2 Å². The topological polar surface area (TPSA) is 102 Å². The average molecular weight is 567 g/mol. The normalized spacial score (nSPS) is 23.8. The van der Waals surface area contributed by atoms with Gasteiger partial charge in [0.2, 0.25) is 5.91 Å². The summed E-state index contributed by atoms with van der Waals surface area (Å²) < 4.78 is 45.9. The number of rotatable bonds is 7. The number of nitriles is 1. The van der Waals surface area contributed by atoms with Gasteiger partial charge in [-0.05, 0) is 68.6 Å². The van der Waals surface area contributed by atoms with Gasteiger partial charge in [0.15, 0.2) is 5.72 Å². The summed E-state index contributed by atoms with van der Waals surface area (Å²) in [6.07, 6.45) is 6.45. The first kappa shape index (κ1) is 28.6. The van der Waals surface area contributed by atoms with E-state index in [2.05, 4.69) is 20.9 Å². The van der Waals surface area contributed by atoms with Crippen LogP contribution in [0.15, 0.2) is 66.7 Å². The van der Waals surface area contributed by atoms with E-state index in [0.29, 0.717) is 44.8 Å². The molecule has 2 fully saturated rings. The third-order valence-electron chi connectivity index (χ3n) is 8.15. The molecule has 0 radical (unpaired) electrons. The van der Waals surface area contributed by atoms with Crippen LogP contribution < -0.4 is 20.9 Å². The van der Waals surface area contributed by atoms with E-state index in [1.807, 2.05) is 48.4 Å². The predicted molar refractivity (Wildman–Crippen MR) is 147 cm³/mol. The van der Waals surface area contributed by atoms with Crippen molar-refractivity contribution in [2.24, 2.45) is 5.92 Å². The molecule has 1 unspecified atom stereocenters. The van der Waals surface area contributed by atoms with Crippen LogP contribution in [0.2, 0.25) is 0 Å². The summed E-state index contributed by atoms with van der Waals surface area (Å²) >= 11 is 0. The van der Waals surface area contributed by atoms with Crippen LogP contribution in [0.3, 0.4) is 0 Å². The minimum atomic E-state index is -4.53. The predicted octanol–water partition coefficient (Wildman–Crippen LogP) is 3.97. The van der Waals surface area contributed by atoms with Crippen LogP contribution in [0.4, 0.5) is 18.9 Å². The third-order valence-corrected chi connectivity index (χ3v) is 8.15. The molecule has 3 aliphatic heterocycles. The molecule has 4 heterocycles. The second-order valence-electron chi connectivity index (χ2n) is 10.6. The van der Waals surface area contributed by atoms with Crippen molar-refractivity contribution in [1.29, 1.82) is 5.26 Å². The highest BCUT2D eigenvalue weighted by Crippen LogP contribution is 2.39. The van der Waals surface area contributed by atoms with Crippen molar-refractivity contribution in [1.82, 2.24) is 20.9 Å². The zero-order valence-electron chi connectivity index (χ0n) is 22.8. The van der Waals surface area contributed by atoms with Crippen LogP contribution in [0.5, 0.6) is 0 Å². The average Bonchev–Trinajstić information content (AvgIpc) is 3.53. The highest BCUT2D eigenvalue weighted by atomic mass is 19.4. The van der Waals surface area contributed by atoms with Crippen molar-refractivity contribution in [3.05, 3.63) is 83.3 Å². The summed E-state index contributed by atoms with van der Waals surface area (Å²) in [7, 11) is 0. The SMILES string of the molecule is CCOC1(c2cccnc2)C=CC(C2(NC(=O)[C@H]3CCNC3)CCN(c3ccc(C(F)(F)F)cc3C#N)CC2)=CN1. The van der Waals surface area contributed by atoms with Gasteiger partial charge >= 0.3 is 6.18 Å². The first-order chi connectivity index (χ1) is 19.7. The van der Waals surface area contributed by atoms with Crippen molar-refractivity contribution >= 4 is 11.6 Å². The molecule has 1 amide bonds. The number of carbonyl (C=O) groups is 1. The number of halogens is 3. The van der Waals surface area contributed by atoms with Gasteiger partial charge in [0, 0.05) is 50.4 Å². The van der Waals surface area contributed by atoms with Gasteiger partial charge < -0.3 is 25.6 Å². The summed E-state index contributed by atoms with van der Waals surface area (Å²) in [4.78, 5) is 19.5. The lowest BCUT2D eigenvalue weighted by molar-refractivity contribution is -0.137. The summed E-state index contributed by atoms with van der Waals surface area (Å²) in [5.74, 6) is -0.164. The quantitative estimate of drug-likeness (QED) is 0.466. The Kier molecular flexibility index (Phi) is 8.07. The second-order valence-corrected chi connectivity index (χ2v) is 10.6. The number of nitrogens with one attached hydrogen (secondary N) is 3. The summed E-state index contributed by atoms with van der Waals surface area (Å²) in [5, 5.41) is 19.6. The molecular formula is C30H33F3N6O2. The minimum absolute atomic E-state index is 0.0233. The Labute approximate surface area is 237 Å². The Morgan fingerprint density at radius 2 is 2.10 bits per heavy atom. The highest BCUT2D eigenvalue weighted by molar-refractivity contribution is 5.81. The van der Waals surface area contributed by atoms with Crippen molar-refractivity contribution in [2.45, 2.75) is 43.6 Å². The van der Waals surface area contributed by atoms with Crippen LogP contribution in [0.25, 0.3) is 0 Å². The number of aromatic nitrogens is 1. The molecule has 11 heteroatoms. The molecule has 1 aromatic carbocycles. The van der Waals surface area contributed by atoms with Gasteiger partial charge in [-0.2, -0.15) is 18.4 Å². The van der Waals surface area contributed by atoms with E-state index in [4.69, 9.17) is 4.74 Å². The lowest BCUT2D eigenvalue weighted by atomic mass is 9.78. The summed E-state index contributed by atoms with van der Waals surface area (Å²) in [6.45, 7) is 4.65. The number of piperidine rings is 1. The number of ether oxygens (including phenoxy) is 1. The Morgan fingerprint density at radius 3 is 2.68 bits per heavy atom. The molecular weight excluding hydrogens is 533 g/mol. The number of anilines is 1. The molecule has 2 aromatic rings. The maximum absolute atomic E-state index is 13.4. The number of hydrogen-bond donors (Lipinski definition) is 3. The highest BCUT2D eigenvalue weighted by Gasteiger charge is 2.43. The molecule has 3 aliphatic rings. The van der Waals surface area contributed by atoms with E-state index >= 15 is 0 Å². The Hall–Kier alpha value is -3.88. The zero-order valence-corrected chi connectivity index (χ0v) is 22.8. The fourth-order valence-corrected chi connectivity index (χ4v) is 5.86. The number of nitrogens with zero attached hydrogens (tertiary/aromatic N) is 3. The Morgan fingerprint density at radius 1 is 1.29 bits per heavy atom. The van der Waals surface area contributed by atoms with Gasteiger partial charge in [-0.3, -0.25) is 9.78 Å². The van der Waals surface area contributed by atoms with Crippen molar-refractivity contribution in [2.75, 3.05) is 37.7 Å². The zero-order chi connectivity index (χ0) is 29.1. The number of alkyl halides is 3. The van der Waals surface area contributed by atoms with Crippen LogP contribution in [0, 0.1) is 17.2 Å². The molecule has 8 nitrogen and oxygen atoms in total. The molecule has 2 saturated heterocycles. The van der Waals surface area contributed by atoms with Crippen LogP contribution >= 0.6 is 0 Å². The van der Waals surface area contributed by atoms with Crippen molar-refractivity contribution in [3.8, 4) is 6.07 Å². The van der Waals surface area contributed by atoms with Crippen LogP contribution in [-0.2, 0) is 21.4 Å². The molecule has 0 bridgehead atoms. The lowest BCUT2D eigenvalue weighted by Gasteiger charge is -2.46. The van der Waals surface area contributed by atoms with Crippen LogP contribution in [0.1, 0.15) is 42.9 Å². The smallest absolute Gasteiger partial charge is 0.370 e. The maximum Gasteiger partial charge on any atom is 0.416 e. The number of carbonyl (C=O) groups excluding carboxylic acids is 1. The molecule has 41 heavy (non-hydrogen) atoms. The second kappa shape index (κ2) is 11.5. The van der Waals surface area contributed by atoms with Gasteiger partial charge in [-0.25, -0.2) is 0 Å². The monoisotopic (exact) mass is 566 g/mol. The first-order valence-corrected chi connectivity index (χ1v) is 13.8. The first-order valence-electron chi connectivity index (χ1n) is 13.8. The minimum Gasteiger partial charge on any atom is -0.370 e. The fraction of sp³-hybridized carbons (Fsp3) is 0.433. The number of amides is 1. The fourth-order valence-electron chi connectivity index (χ4n) is 5.86. The Bertz CT molecular complexity index is 1360. The van der Waals surface area contributed by atoms with E-state index in [1.165, 1.54) is 6.07 Å². The standard InChI is InChI=1S/C30H33F3N6O2/c1-2-41-29(25-4-3-12-35-19-25)9-7-24(20-37-29)28(38-27(40)21-8-13-36-18-21)10-14-39(15-11-28)26-6-5-23(30(31,32)33)16-22(26)17-34/h3-7,9,12,16,19-21,36-37H,2,8,10-11,13-15,18H2,1H3,(H,38,40)/t21-,29?/m0/s1. The number of dihydropyridines is 1. The number of benzene rings is 1. The molecule has 3 N–H and O–H groups in total. The summed E-state index contributed by atoms with van der Waals surface area (Å²) in [6, 6.07) is 8.97. The molecule has 1 aromatic heterocycles. The molecule has 2 atom stereocenters. The van der Waals surface area contributed by atoms with Gasteiger partial charge in [0.25, 0.3) is 0 Å². The molecule has 0 spiro atoms. The van der Waals surface area contributed by atoms with E-state index in [0.717, 1.165) is 36.2 Å². The van der Waals surface area contributed by atoms with E-state index in [1.54, 1.807) is 12.4 Å². The van der Waals surface area contributed by atoms with Gasteiger partial charge in [-0.1, -0.05) is 12.1 Å². The summed E-state index contributed by atoms with van der Waals surface area (Å²) in [5.41, 5.74) is -0.324. The van der Waals surface area contributed by atoms with Gasteiger partial charge in [0.05, 0.1) is 28.3 Å². The molecule has 0 saturated carbocycles.